The predicted molar refractivity (Wildman–Crippen MR) is 80.4 cm³/mol. The highest BCUT2D eigenvalue weighted by Gasteiger charge is 2.13. The lowest BCUT2D eigenvalue weighted by Crippen LogP contribution is -2.31. The molecule has 1 heterocycles. The van der Waals surface area contributed by atoms with Gasteiger partial charge in [-0.3, -0.25) is 0 Å². The normalized spacial score (nSPS) is 12.5. The van der Waals surface area contributed by atoms with Gasteiger partial charge in [-0.2, -0.15) is 11.8 Å². The predicted octanol–water partition coefficient (Wildman–Crippen LogP) is 2.08. The van der Waals surface area contributed by atoms with Crippen LogP contribution in [-0.2, 0) is 6.54 Å². The minimum absolute atomic E-state index is 0.460. The van der Waals surface area contributed by atoms with Crippen LogP contribution < -0.4 is 10.2 Å². The first-order chi connectivity index (χ1) is 8.58. The largest absolute Gasteiger partial charge is 0.341 e. The molecule has 5 heteroatoms. The highest BCUT2D eigenvalue weighted by molar-refractivity contribution is 7.98. The molecule has 0 saturated heterocycles. The van der Waals surface area contributed by atoms with Crippen LogP contribution in [0.2, 0.25) is 0 Å². The summed E-state index contributed by atoms with van der Waals surface area (Å²) in [5.74, 6) is 1.99. The average Bonchev–Trinajstić information content (AvgIpc) is 2.34. The molecule has 0 aromatic carbocycles. The van der Waals surface area contributed by atoms with Crippen LogP contribution in [0.4, 0.5) is 5.95 Å². The highest BCUT2D eigenvalue weighted by Crippen LogP contribution is 2.14. The van der Waals surface area contributed by atoms with E-state index in [-0.39, 0.29) is 0 Å². The number of hydrogen-bond donors (Lipinski definition) is 1. The molecule has 0 spiro atoms. The average molecular weight is 268 g/mol. The lowest BCUT2D eigenvalue weighted by atomic mass is 10.2. The van der Waals surface area contributed by atoms with Crippen molar-refractivity contribution in [3.8, 4) is 0 Å². The molecule has 0 saturated carbocycles. The van der Waals surface area contributed by atoms with Gasteiger partial charge >= 0.3 is 0 Å². The van der Waals surface area contributed by atoms with Gasteiger partial charge in [-0.05, 0) is 45.4 Å². The lowest BCUT2D eigenvalue weighted by molar-refractivity contribution is 0.648. The highest BCUT2D eigenvalue weighted by atomic mass is 32.2. The monoisotopic (exact) mass is 268 g/mol. The maximum atomic E-state index is 4.60. The van der Waals surface area contributed by atoms with Crippen molar-refractivity contribution < 1.29 is 0 Å². The first kappa shape index (κ1) is 15.2. The summed E-state index contributed by atoms with van der Waals surface area (Å²) in [6.45, 7) is 5.02. The zero-order valence-corrected chi connectivity index (χ0v) is 12.8. The van der Waals surface area contributed by atoms with Crippen LogP contribution in [-0.4, -0.2) is 42.1 Å². The van der Waals surface area contributed by atoms with Crippen molar-refractivity contribution in [2.75, 3.05) is 31.0 Å². The van der Waals surface area contributed by atoms with Gasteiger partial charge < -0.3 is 10.2 Å². The third kappa shape index (κ3) is 4.46. The van der Waals surface area contributed by atoms with Crippen molar-refractivity contribution in [1.82, 2.24) is 15.3 Å². The Labute approximate surface area is 115 Å². The Morgan fingerprint density at radius 2 is 2.17 bits per heavy atom. The maximum absolute atomic E-state index is 4.60. The molecule has 1 aromatic rings. The van der Waals surface area contributed by atoms with Gasteiger partial charge in [-0.15, -0.1) is 0 Å². The molecule has 1 rings (SSSR count). The zero-order chi connectivity index (χ0) is 13.5. The molecular weight excluding hydrogens is 244 g/mol. The Hall–Kier alpha value is -0.810. The standard InChI is InChI=1S/C13H24N4S/c1-10-8-12(9-14-3)16-13(15-10)17(4)11(2)6-7-18-5/h8,11,14H,6-7,9H2,1-5H3. The molecule has 1 aromatic heterocycles. The molecular formula is C13H24N4S. The Morgan fingerprint density at radius 3 is 2.78 bits per heavy atom. The maximum Gasteiger partial charge on any atom is 0.225 e. The fourth-order valence-electron chi connectivity index (χ4n) is 1.73. The van der Waals surface area contributed by atoms with Crippen molar-refractivity contribution in [3.05, 3.63) is 17.5 Å². The molecule has 0 bridgehead atoms. The molecule has 4 nitrogen and oxygen atoms in total. The van der Waals surface area contributed by atoms with E-state index in [2.05, 4.69) is 40.4 Å². The zero-order valence-electron chi connectivity index (χ0n) is 12.0. The summed E-state index contributed by atoms with van der Waals surface area (Å²) in [7, 11) is 4.00. The molecule has 1 unspecified atom stereocenters. The van der Waals surface area contributed by atoms with Crippen molar-refractivity contribution in [2.45, 2.75) is 32.9 Å². The summed E-state index contributed by atoms with van der Waals surface area (Å²) >= 11 is 1.88. The number of nitrogens with one attached hydrogen (secondary N) is 1. The van der Waals surface area contributed by atoms with Gasteiger partial charge in [-0.1, -0.05) is 0 Å². The fourth-order valence-corrected chi connectivity index (χ4v) is 2.30. The molecule has 1 N–H and O–H groups in total. The number of aryl methyl sites for hydroxylation is 1. The second-order valence-electron chi connectivity index (χ2n) is 4.57. The van der Waals surface area contributed by atoms with Crippen LogP contribution in [0.5, 0.6) is 0 Å². The Morgan fingerprint density at radius 1 is 1.44 bits per heavy atom. The SMILES string of the molecule is CNCc1cc(C)nc(N(C)C(C)CCSC)n1. The van der Waals surface area contributed by atoms with Crippen LogP contribution in [0, 0.1) is 6.92 Å². The Kier molecular flexibility index (Phi) is 6.43. The van der Waals surface area contributed by atoms with Crippen LogP contribution in [0.3, 0.4) is 0 Å². The van der Waals surface area contributed by atoms with Crippen molar-refractivity contribution in [3.63, 3.8) is 0 Å². The second kappa shape index (κ2) is 7.59. The van der Waals surface area contributed by atoms with Gasteiger partial charge in [0.15, 0.2) is 0 Å². The van der Waals surface area contributed by atoms with Gasteiger partial charge in [0, 0.05) is 25.3 Å². The summed E-state index contributed by atoms with van der Waals surface area (Å²) in [6, 6.07) is 2.49. The molecule has 0 fully saturated rings. The minimum Gasteiger partial charge on any atom is -0.341 e. The van der Waals surface area contributed by atoms with Gasteiger partial charge in [0.1, 0.15) is 0 Å². The molecule has 0 aliphatic heterocycles. The molecule has 0 amide bonds. The molecule has 0 aliphatic rings. The molecule has 1 atom stereocenters. The summed E-state index contributed by atoms with van der Waals surface area (Å²) in [5.41, 5.74) is 2.07. The summed E-state index contributed by atoms with van der Waals surface area (Å²) in [6.07, 6.45) is 3.29. The van der Waals surface area contributed by atoms with Crippen LogP contribution in [0.15, 0.2) is 6.07 Å². The molecule has 0 radical (unpaired) electrons. The number of anilines is 1. The summed E-state index contributed by atoms with van der Waals surface area (Å²) < 4.78 is 0. The van der Waals surface area contributed by atoms with E-state index < -0.39 is 0 Å². The van der Waals surface area contributed by atoms with E-state index in [1.54, 1.807) is 0 Å². The molecule has 0 aliphatic carbocycles. The van der Waals surface area contributed by atoms with E-state index in [0.29, 0.717) is 6.04 Å². The number of thioether (sulfide) groups is 1. The van der Waals surface area contributed by atoms with Gasteiger partial charge in [0.05, 0.1) is 5.69 Å². The van der Waals surface area contributed by atoms with Crippen molar-refractivity contribution in [1.29, 1.82) is 0 Å². The van der Waals surface area contributed by atoms with Crippen LogP contribution in [0.25, 0.3) is 0 Å². The van der Waals surface area contributed by atoms with E-state index in [1.807, 2.05) is 31.8 Å². The third-order valence-electron chi connectivity index (χ3n) is 2.97. The van der Waals surface area contributed by atoms with Gasteiger partial charge in [0.2, 0.25) is 5.95 Å². The van der Waals surface area contributed by atoms with E-state index in [0.717, 1.165) is 30.3 Å². The third-order valence-corrected chi connectivity index (χ3v) is 3.61. The van der Waals surface area contributed by atoms with E-state index in [9.17, 15) is 0 Å². The number of hydrogen-bond acceptors (Lipinski definition) is 5. The Balaban J connectivity index is 2.80. The fraction of sp³-hybridized carbons (Fsp3) is 0.692. The van der Waals surface area contributed by atoms with Gasteiger partial charge in [-0.25, -0.2) is 9.97 Å². The molecule has 102 valence electrons. The number of nitrogens with zero attached hydrogens (tertiary/aromatic N) is 3. The number of rotatable bonds is 7. The van der Waals surface area contributed by atoms with E-state index >= 15 is 0 Å². The Bertz CT molecular complexity index is 370. The topological polar surface area (TPSA) is 41.1 Å². The second-order valence-corrected chi connectivity index (χ2v) is 5.56. The quantitative estimate of drug-likeness (QED) is 0.820. The molecule has 18 heavy (non-hydrogen) atoms. The van der Waals surface area contributed by atoms with Crippen molar-refractivity contribution in [2.24, 2.45) is 0 Å². The van der Waals surface area contributed by atoms with Crippen molar-refractivity contribution >= 4 is 17.7 Å². The summed E-state index contributed by atoms with van der Waals surface area (Å²) in [5, 5.41) is 3.13. The first-order valence-electron chi connectivity index (χ1n) is 6.29. The van der Waals surface area contributed by atoms with Gasteiger partial charge in [0.25, 0.3) is 0 Å². The van der Waals surface area contributed by atoms with E-state index in [1.165, 1.54) is 5.75 Å². The first-order valence-corrected chi connectivity index (χ1v) is 7.68. The van der Waals surface area contributed by atoms with Crippen LogP contribution in [0.1, 0.15) is 24.7 Å². The summed E-state index contributed by atoms with van der Waals surface area (Å²) in [4.78, 5) is 11.3. The minimum atomic E-state index is 0.460. The van der Waals surface area contributed by atoms with Crippen LogP contribution >= 0.6 is 11.8 Å². The number of aromatic nitrogens is 2. The smallest absolute Gasteiger partial charge is 0.225 e. The van der Waals surface area contributed by atoms with E-state index in [4.69, 9.17) is 0 Å². The lowest BCUT2D eigenvalue weighted by Gasteiger charge is -2.25.